The Morgan fingerprint density at radius 1 is 0.724 bits per heavy atom. The van der Waals surface area contributed by atoms with Crippen molar-refractivity contribution in [1.29, 1.82) is 0 Å². The molecule has 1 saturated carbocycles. The monoisotopic (exact) mass is 414 g/mol. The molecule has 1 heterocycles. The number of Topliss-reactive ketones (excluding diaryl/α,β-unsaturated/α-hetero) is 2. The Hall–Kier alpha value is -1.35. The minimum absolute atomic E-state index is 0.0851. The van der Waals surface area contributed by atoms with E-state index in [1.807, 2.05) is 0 Å². The lowest BCUT2D eigenvalue weighted by atomic mass is 9.97. The molecule has 2 rings (SSSR count). The normalized spacial score (nSPS) is 22.6. The van der Waals surface area contributed by atoms with Crippen LogP contribution in [0.15, 0.2) is 0 Å². The maximum Gasteiger partial charge on any atom is 0.303 e. The molecule has 0 bridgehead atoms. The SMILES string of the molecule is O=C(O)CCC(=O)C(=O)CC1COOC2(CCCCCCCCCCC2)OOC1. The molecule has 166 valence electrons. The fourth-order valence-electron chi connectivity index (χ4n) is 3.71. The van der Waals surface area contributed by atoms with Crippen molar-refractivity contribution < 1.29 is 39.0 Å². The Morgan fingerprint density at radius 3 is 1.69 bits per heavy atom. The van der Waals surface area contributed by atoms with Crippen molar-refractivity contribution in [3.05, 3.63) is 0 Å². The summed E-state index contributed by atoms with van der Waals surface area (Å²) < 4.78 is 0. The van der Waals surface area contributed by atoms with E-state index in [-0.39, 0.29) is 38.4 Å². The van der Waals surface area contributed by atoms with E-state index in [0.717, 1.165) is 25.7 Å². The van der Waals surface area contributed by atoms with Crippen LogP contribution in [0.2, 0.25) is 0 Å². The summed E-state index contributed by atoms with van der Waals surface area (Å²) in [4.78, 5) is 56.4. The second-order valence-electron chi connectivity index (χ2n) is 8.14. The lowest BCUT2D eigenvalue weighted by molar-refractivity contribution is -0.531. The third-order valence-corrected chi connectivity index (χ3v) is 5.50. The van der Waals surface area contributed by atoms with Crippen molar-refractivity contribution in [1.82, 2.24) is 0 Å². The summed E-state index contributed by atoms with van der Waals surface area (Å²) in [6, 6.07) is 0. The summed E-state index contributed by atoms with van der Waals surface area (Å²) >= 11 is 0. The van der Waals surface area contributed by atoms with Crippen LogP contribution in [-0.2, 0) is 33.9 Å². The Balaban J connectivity index is 1.81. The van der Waals surface area contributed by atoms with E-state index in [0.29, 0.717) is 12.8 Å². The Bertz CT molecular complexity index is 509. The van der Waals surface area contributed by atoms with Crippen LogP contribution in [-0.4, -0.2) is 41.6 Å². The standard InChI is InChI=1S/C21H34O8/c22-18(10-11-20(24)25)19(23)14-17-15-26-28-21(29-27-16-17)12-8-6-4-2-1-3-5-7-9-13-21/h17H,1-16H2,(H,24,25). The van der Waals surface area contributed by atoms with Gasteiger partial charge in [0.1, 0.15) is 0 Å². The van der Waals surface area contributed by atoms with Gasteiger partial charge >= 0.3 is 5.97 Å². The molecule has 0 radical (unpaired) electrons. The number of carbonyl (C=O) groups excluding carboxylic acids is 2. The van der Waals surface area contributed by atoms with E-state index >= 15 is 0 Å². The first-order valence-electron chi connectivity index (χ1n) is 10.9. The van der Waals surface area contributed by atoms with Gasteiger partial charge in [-0.1, -0.05) is 44.9 Å². The number of carboxylic acid groups (broad SMARTS) is 1. The van der Waals surface area contributed by atoms with Gasteiger partial charge in [0.05, 0.1) is 19.6 Å². The van der Waals surface area contributed by atoms with Gasteiger partial charge in [0.2, 0.25) is 5.79 Å². The highest BCUT2D eigenvalue weighted by Crippen LogP contribution is 2.32. The molecule has 1 aliphatic heterocycles. The number of aliphatic carboxylic acids is 1. The van der Waals surface area contributed by atoms with Crippen molar-refractivity contribution >= 4 is 17.5 Å². The quantitative estimate of drug-likeness (QED) is 0.515. The zero-order valence-corrected chi connectivity index (χ0v) is 17.2. The molecular formula is C21H34O8. The predicted molar refractivity (Wildman–Crippen MR) is 103 cm³/mol. The van der Waals surface area contributed by atoms with Crippen LogP contribution in [0.4, 0.5) is 0 Å². The summed E-state index contributed by atoms with van der Waals surface area (Å²) in [5, 5.41) is 8.62. The average molecular weight is 414 g/mol. The molecule has 1 saturated heterocycles. The molecule has 8 heteroatoms. The van der Waals surface area contributed by atoms with Crippen LogP contribution in [0.5, 0.6) is 0 Å². The van der Waals surface area contributed by atoms with Gasteiger partial charge in [0.15, 0.2) is 11.6 Å². The molecule has 8 nitrogen and oxygen atoms in total. The second kappa shape index (κ2) is 13.1. The molecule has 1 aliphatic carbocycles. The maximum absolute atomic E-state index is 12.0. The molecular weight excluding hydrogens is 380 g/mol. The van der Waals surface area contributed by atoms with Gasteiger partial charge in [-0.25, -0.2) is 9.78 Å². The van der Waals surface area contributed by atoms with Gasteiger partial charge in [-0.15, -0.1) is 0 Å². The topological polar surface area (TPSA) is 108 Å². The van der Waals surface area contributed by atoms with Gasteiger partial charge in [0.25, 0.3) is 0 Å². The Labute approximate surface area is 172 Å². The van der Waals surface area contributed by atoms with Gasteiger partial charge in [0, 0.05) is 31.6 Å². The fourth-order valence-corrected chi connectivity index (χ4v) is 3.71. The van der Waals surface area contributed by atoms with Crippen LogP contribution in [0.1, 0.15) is 89.9 Å². The molecule has 0 atom stereocenters. The number of ketones is 2. The first kappa shape index (κ1) is 23.9. The smallest absolute Gasteiger partial charge is 0.303 e. The zero-order valence-electron chi connectivity index (χ0n) is 17.2. The first-order chi connectivity index (χ1) is 14.0. The van der Waals surface area contributed by atoms with Crippen molar-refractivity contribution in [3.8, 4) is 0 Å². The Kier molecular flexibility index (Phi) is 10.8. The minimum Gasteiger partial charge on any atom is -0.481 e. The van der Waals surface area contributed by atoms with Gasteiger partial charge in [-0.2, -0.15) is 9.78 Å². The highest BCUT2D eigenvalue weighted by Gasteiger charge is 2.37. The summed E-state index contributed by atoms with van der Waals surface area (Å²) in [5.74, 6) is -3.73. The molecule has 1 spiro atoms. The first-order valence-corrected chi connectivity index (χ1v) is 10.9. The van der Waals surface area contributed by atoms with Crippen LogP contribution in [0, 0.1) is 5.92 Å². The number of rotatable bonds is 6. The van der Waals surface area contributed by atoms with Crippen molar-refractivity contribution in [2.24, 2.45) is 5.92 Å². The van der Waals surface area contributed by atoms with Gasteiger partial charge < -0.3 is 5.11 Å². The molecule has 1 N–H and O–H groups in total. The van der Waals surface area contributed by atoms with Crippen LogP contribution in [0.25, 0.3) is 0 Å². The minimum atomic E-state index is -1.10. The third-order valence-electron chi connectivity index (χ3n) is 5.50. The summed E-state index contributed by atoms with van der Waals surface area (Å²) in [6.07, 6.45) is 11.1. The molecule has 0 aromatic rings. The summed E-state index contributed by atoms with van der Waals surface area (Å²) in [5.41, 5.74) is 0. The summed E-state index contributed by atoms with van der Waals surface area (Å²) in [7, 11) is 0. The van der Waals surface area contributed by atoms with Gasteiger partial charge in [-0.3, -0.25) is 14.4 Å². The van der Waals surface area contributed by atoms with E-state index in [4.69, 9.17) is 24.7 Å². The van der Waals surface area contributed by atoms with Crippen LogP contribution >= 0.6 is 0 Å². The van der Waals surface area contributed by atoms with Crippen molar-refractivity contribution in [3.63, 3.8) is 0 Å². The Morgan fingerprint density at radius 2 is 1.21 bits per heavy atom. The molecule has 0 aromatic heterocycles. The molecule has 0 amide bonds. The average Bonchev–Trinajstić information content (AvgIpc) is 2.66. The fraction of sp³-hybridized carbons (Fsp3) is 0.857. The highest BCUT2D eigenvalue weighted by atomic mass is 17.3. The van der Waals surface area contributed by atoms with E-state index < -0.39 is 23.3 Å². The number of carbonyl (C=O) groups is 3. The number of carboxylic acids is 1. The predicted octanol–water partition coefficient (Wildman–Crippen LogP) is 3.91. The molecule has 0 unspecified atom stereocenters. The van der Waals surface area contributed by atoms with E-state index in [1.54, 1.807) is 0 Å². The second-order valence-corrected chi connectivity index (χ2v) is 8.14. The van der Waals surface area contributed by atoms with Crippen LogP contribution < -0.4 is 0 Å². The lowest BCUT2D eigenvalue weighted by Crippen LogP contribution is -2.40. The third kappa shape index (κ3) is 9.33. The van der Waals surface area contributed by atoms with Crippen molar-refractivity contribution in [2.75, 3.05) is 13.2 Å². The van der Waals surface area contributed by atoms with Crippen LogP contribution in [0.3, 0.4) is 0 Å². The molecule has 0 aromatic carbocycles. The van der Waals surface area contributed by atoms with E-state index in [1.165, 1.54) is 32.1 Å². The highest BCUT2D eigenvalue weighted by molar-refractivity contribution is 6.37. The number of hydrogen-bond donors (Lipinski definition) is 1. The lowest BCUT2D eigenvalue weighted by Gasteiger charge is -2.34. The van der Waals surface area contributed by atoms with Crippen molar-refractivity contribution in [2.45, 2.75) is 95.7 Å². The largest absolute Gasteiger partial charge is 0.481 e. The number of hydrogen-bond acceptors (Lipinski definition) is 7. The zero-order chi connectivity index (χ0) is 21.0. The van der Waals surface area contributed by atoms with Gasteiger partial charge in [-0.05, 0) is 12.8 Å². The van der Waals surface area contributed by atoms with E-state index in [9.17, 15) is 14.4 Å². The molecule has 2 fully saturated rings. The maximum atomic E-state index is 12.0. The summed E-state index contributed by atoms with van der Waals surface area (Å²) in [6.45, 7) is 0.228. The molecule has 2 aliphatic rings. The van der Waals surface area contributed by atoms with E-state index in [2.05, 4.69) is 0 Å². The molecule has 29 heavy (non-hydrogen) atoms.